The fourth-order valence-corrected chi connectivity index (χ4v) is 1.54. The van der Waals surface area contributed by atoms with Crippen molar-refractivity contribution in [2.45, 2.75) is 31.9 Å². The molecule has 3 heteroatoms. The van der Waals surface area contributed by atoms with Crippen LogP contribution in [-0.4, -0.2) is 30.0 Å². The zero-order valence-electron chi connectivity index (χ0n) is 7.21. The second-order valence-corrected chi connectivity index (χ2v) is 3.51. The minimum atomic E-state index is -0.297. The summed E-state index contributed by atoms with van der Waals surface area (Å²) in [5.74, 6) is 0.342. The van der Waals surface area contributed by atoms with Gasteiger partial charge in [0.2, 0.25) is 0 Å². The maximum atomic E-state index is 8.76. The zero-order chi connectivity index (χ0) is 8.48. The molecule has 1 aliphatic heterocycles. The first-order valence-electron chi connectivity index (χ1n) is 4.11. The van der Waals surface area contributed by atoms with Crippen LogP contribution in [0, 0.1) is 5.92 Å². The van der Waals surface area contributed by atoms with Crippen LogP contribution >= 0.6 is 0 Å². The molecule has 3 unspecified atom stereocenters. The lowest BCUT2D eigenvalue weighted by Crippen LogP contribution is -2.47. The Morgan fingerprint density at radius 1 is 1.64 bits per heavy atom. The lowest BCUT2D eigenvalue weighted by molar-refractivity contribution is 0.105. The number of aliphatic hydroxyl groups excluding tert-OH is 1. The molecule has 0 bridgehead atoms. The normalized spacial score (nSPS) is 44.7. The van der Waals surface area contributed by atoms with Gasteiger partial charge in [-0.25, -0.2) is 0 Å². The van der Waals surface area contributed by atoms with Crippen molar-refractivity contribution in [3.8, 4) is 0 Å². The number of ether oxygens (including phenoxy) is 1. The molecule has 0 aromatic rings. The van der Waals surface area contributed by atoms with Crippen molar-refractivity contribution >= 4 is 0 Å². The number of nitrogens with two attached hydrogens (primary N) is 1. The molecule has 0 amide bonds. The van der Waals surface area contributed by atoms with E-state index in [1.807, 2.05) is 6.92 Å². The van der Waals surface area contributed by atoms with Crippen molar-refractivity contribution in [1.29, 1.82) is 0 Å². The van der Waals surface area contributed by atoms with E-state index in [1.165, 1.54) is 0 Å². The second-order valence-electron chi connectivity index (χ2n) is 3.51. The Morgan fingerprint density at radius 2 is 2.27 bits per heavy atom. The van der Waals surface area contributed by atoms with Gasteiger partial charge >= 0.3 is 0 Å². The average Bonchev–Trinajstić information content (AvgIpc) is 2.19. The van der Waals surface area contributed by atoms with Gasteiger partial charge in [0, 0.05) is 18.1 Å². The first-order valence-corrected chi connectivity index (χ1v) is 4.11. The van der Waals surface area contributed by atoms with Crippen LogP contribution in [0.3, 0.4) is 0 Å². The Labute approximate surface area is 67.5 Å². The number of rotatable bonds is 2. The number of hydrogen-bond donors (Lipinski definition) is 2. The van der Waals surface area contributed by atoms with Gasteiger partial charge in [0.05, 0.1) is 12.7 Å². The number of hydrogen-bond acceptors (Lipinski definition) is 3. The molecule has 11 heavy (non-hydrogen) atoms. The molecule has 0 saturated carbocycles. The molecule has 3 atom stereocenters. The molecule has 1 fully saturated rings. The Hall–Kier alpha value is -0.120. The highest BCUT2D eigenvalue weighted by atomic mass is 16.5. The van der Waals surface area contributed by atoms with Crippen LogP contribution in [0.1, 0.15) is 20.3 Å². The molecule has 0 aliphatic carbocycles. The minimum Gasteiger partial charge on any atom is -0.396 e. The van der Waals surface area contributed by atoms with Gasteiger partial charge in [-0.05, 0) is 13.3 Å². The largest absolute Gasteiger partial charge is 0.396 e. The van der Waals surface area contributed by atoms with Crippen LogP contribution in [0.5, 0.6) is 0 Å². The van der Waals surface area contributed by atoms with Gasteiger partial charge in [-0.15, -0.1) is 0 Å². The Balaban J connectivity index is 2.57. The van der Waals surface area contributed by atoms with Gasteiger partial charge in [-0.1, -0.05) is 6.92 Å². The maximum absolute atomic E-state index is 8.76. The topological polar surface area (TPSA) is 55.5 Å². The molecule has 0 aromatic carbocycles. The molecule has 1 aliphatic rings. The molecule has 0 spiro atoms. The zero-order valence-corrected chi connectivity index (χ0v) is 7.21. The standard InChI is InChI=1S/C8H17NO2/c1-6-7(2)11-5-8(6,9)3-4-10/h6-7,10H,3-5,9H2,1-2H3. The van der Waals surface area contributed by atoms with Crippen molar-refractivity contribution in [3.63, 3.8) is 0 Å². The van der Waals surface area contributed by atoms with Crippen LogP contribution in [0.25, 0.3) is 0 Å². The molecule has 1 heterocycles. The summed E-state index contributed by atoms with van der Waals surface area (Å²) in [6, 6.07) is 0. The minimum absolute atomic E-state index is 0.150. The van der Waals surface area contributed by atoms with Gasteiger partial charge < -0.3 is 15.6 Å². The van der Waals surface area contributed by atoms with E-state index in [0.717, 1.165) is 0 Å². The highest BCUT2D eigenvalue weighted by molar-refractivity contribution is 4.96. The predicted octanol–water partition coefficient (Wildman–Crippen LogP) is 0.121. The van der Waals surface area contributed by atoms with Gasteiger partial charge in [0.1, 0.15) is 0 Å². The fourth-order valence-electron chi connectivity index (χ4n) is 1.54. The number of aliphatic hydroxyl groups is 1. The van der Waals surface area contributed by atoms with E-state index in [-0.39, 0.29) is 18.2 Å². The summed E-state index contributed by atoms with van der Waals surface area (Å²) in [6.45, 7) is 4.83. The lowest BCUT2D eigenvalue weighted by atomic mass is 9.84. The van der Waals surface area contributed by atoms with Gasteiger partial charge in [0.15, 0.2) is 0 Å². The van der Waals surface area contributed by atoms with Crippen LogP contribution in [0.2, 0.25) is 0 Å². The molecule has 0 radical (unpaired) electrons. The highest BCUT2D eigenvalue weighted by Crippen LogP contribution is 2.30. The summed E-state index contributed by atoms with van der Waals surface area (Å²) in [5.41, 5.74) is 5.72. The second kappa shape index (κ2) is 3.09. The van der Waals surface area contributed by atoms with E-state index in [9.17, 15) is 0 Å². The first kappa shape index (κ1) is 8.97. The highest BCUT2D eigenvalue weighted by Gasteiger charge is 2.41. The molecule has 1 rings (SSSR count). The van der Waals surface area contributed by atoms with E-state index in [4.69, 9.17) is 15.6 Å². The van der Waals surface area contributed by atoms with Gasteiger partial charge in [-0.2, -0.15) is 0 Å². The average molecular weight is 159 g/mol. The van der Waals surface area contributed by atoms with E-state index in [2.05, 4.69) is 6.92 Å². The monoisotopic (exact) mass is 159 g/mol. The molecular weight excluding hydrogens is 142 g/mol. The molecule has 1 saturated heterocycles. The van der Waals surface area contributed by atoms with E-state index < -0.39 is 0 Å². The third kappa shape index (κ3) is 1.55. The van der Waals surface area contributed by atoms with E-state index >= 15 is 0 Å². The molecule has 3 nitrogen and oxygen atoms in total. The van der Waals surface area contributed by atoms with E-state index in [0.29, 0.717) is 18.9 Å². The maximum Gasteiger partial charge on any atom is 0.0654 e. The fraction of sp³-hybridized carbons (Fsp3) is 1.00. The first-order chi connectivity index (χ1) is 5.10. The lowest BCUT2D eigenvalue weighted by Gasteiger charge is -2.27. The summed E-state index contributed by atoms with van der Waals surface area (Å²) in [7, 11) is 0. The third-order valence-corrected chi connectivity index (χ3v) is 2.80. The SMILES string of the molecule is CC1OCC(N)(CCO)C1C. The molecule has 0 aromatic heterocycles. The quantitative estimate of drug-likeness (QED) is 0.601. The summed E-state index contributed by atoms with van der Waals surface area (Å²) in [4.78, 5) is 0. The Bertz CT molecular complexity index is 136. The van der Waals surface area contributed by atoms with Gasteiger partial charge in [-0.3, -0.25) is 0 Å². The Morgan fingerprint density at radius 3 is 2.64 bits per heavy atom. The van der Waals surface area contributed by atoms with Crippen molar-refractivity contribution in [2.75, 3.05) is 13.2 Å². The van der Waals surface area contributed by atoms with Crippen molar-refractivity contribution in [1.82, 2.24) is 0 Å². The van der Waals surface area contributed by atoms with Crippen LogP contribution in [-0.2, 0) is 4.74 Å². The van der Waals surface area contributed by atoms with Crippen LogP contribution in [0.4, 0.5) is 0 Å². The van der Waals surface area contributed by atoms with Crippen molar-refractivity contribution in [2.24, 2.45) is 11.7 Å². The summed E-state index contributed by atoms with van der Waals surface area (Å²) in [6.07, 6.45) is 0.866. The van der Waals surface area contributed by atoms with Gasteiger partial charge in [0.25, 0.3) is 0 Å². The molecule has 66 valence electrons. The summed E-state index contributed by atoms with van der Waals surface area (Å²) < 4.78 is 5.40. The third-order valence-electron chi connectivity index (χ3n) is 2.80. The van der Waals surface area contributed by atoms with E-state index in [1.54, 1.807) is 0 Å². The predicted molar refractivity (Wildman–Crippen MR) is 43.2 cm³/mol. The molecular formula is C8H17NO2. The van der Waals surface area contributed by atoms with Crippen LogP contribution in [0.15, 0.2) is 0 Å². The summed E-state index contributed by atoms with van der Waals surface area (Å²) in [5, 5.41) is 8.76. The van der Waals surface area contributed by atoms with Crippen molar-refractivity contribution < 1.29 is 9.84 Å². The van der Waals surface area contributed by atoms with Crippen molar-refractivity contribution in [3.05, 3.63) is 0 Å². The van der Waals surface area contributed by atoms with Crippen LogP contribution < -0.4 is 5.73 Å². The Kier molecular flexibility index (Phi) is 2.52. The molecule has 3 N–H and O–H groups in total. The summed E-state index contributed by atoms with van der Waals surface area (Å²) >= 11 is 0. The smallest absolute Gasteiger partial charge is 0.0654 e.